The van der Waals surface area contributed by atoms with Crippen LogP contribution in [0.2, 0.25) is 0 Å². The third kappa shape index (κ3) is 13.0. The van der Waals surface area contributed by atoms with E-state index in [0.717, 1.165) is 19.3 Å². The Kier molecular flexibility index (Phi) is 14.2. The lowest BCUT2D eigenvalue weighted by molar-refractivity contribution is -0.161. The molecule has 0 spiro atoms. The molecule has 0 unspecified atom stereocenters. The number of likely N-dealkylation sites (N-methyl/N-ethyl adjacent to an activating group) is 1. The number of carbonyl (C=O) groups excluding carboxylic acids is 3. The summed E-state index contributed by atoms with van der Waals surface area (Å²) < 4.78 is 4.82. The zero-order chi connectivity index (χ0) is 18.2. The molecular formula is C18H34N2O4. The van der Waals surface area contributed by atoms with Gasteiger partial charge < -0.3 is 15.8 Å². The van der Waals surface area contributed by atoms with Gasteiger partial charge in [0.15, 0.2) is 0 Å². The first-order chi connectivity index (χ1) is 11.5. The fourth-order valence-electron chi connectivity index (χ4n) is 2.48. The van der Waals surface area contributed by atoms with Crippen LogP contribution in [-0.4, -0.2) is 30.9 Å². The number of carbonyl (C=O) groups is 3. The van der Waals surface area contributed by atoms with Gasteiger partial charge in [-0.15, -0.1) is 0 Å². The number of amides is 1. The van der Waals surface area contributed by atoms with Gasteiger partial charge in [-0.3, -0.25) is 9.59 Å². The van der Waals surface area contributed by atoms with Crippen molar-refractivity contribution in [3.05, 3.63) is 0 Å². The number of nitrogens with two attached hydrogens (primary N) is 1. The van der Waals surface area contributed by atoms with Gasteiger partial charge in [0.25, 0.3) is 0 Å². The lowest BCUT2D eigenvalue weighted by Crippen LogP contribution is -2.37. The van der Waals surface area contributed by atoms with Crippen molar-refractivity contribution < 1.29 is 19.1 Å². The molecule has 0 saturated heterocycles. The minimum absolute atomic E-state index is 0.0764. The van der Waals surface area contributed by atoms with Crippen molar-refractivity contribution in [1.82, 2.24) is 5.32 Å². The molecule has 0 aliphatic heterocycles. The van der Waals surface area contributed by atoms with Crippen molar-refractivity contribution in [1.29, 1.82) is 0 Å². The molecule has 0 aliphatic rings. The van der Waals surface area contributed by atoms with Crippen molar-refractivity contribution in [2.45, 2.75) is 90.0 Å². The van der Waals surface area contributed by atoms with Crippen molar-refractivity contribution in [3.8, 4) is 0 Å². The predicted molar refractivity (Wildman–Crippen MR) is 94.2 cm³/mol. The highest BCUT2D eigenvalue weighted by Crippen LogP contribution is 2.11. The van der Waals surface area contributed by atoms with Gasteiger partial charge in [-0.25, -0.2) is 4.79 Å². The van der Waals surface area contributed by atoms with Crippen LogP contribution in [0.4, 0.5) is 0 Å². The Morgan fingerprint density at radius 3 is 1.96 bits per heavy atom. The molecule has 0 saturated carbocycles. The lowest BCUT2D eigenvalue weighted by Gasteiger charge is -2.13. The summed E-state index contributed by atoms with van der Waals surface area (Å²) in [5.74, 6) is -1.62. The van der Waals surface area contributed by atoms with Gasteiger partial charge in [0.05, 0.1) is 0 Å². The van der Waals surface area contributed by atoms with Gasteiger partial charge in [0, 0.05) is 12.8 Å². The number of hydrogen-bond acceptors (Lipinski definition) is 5. The summed E-state index contributed by atoms with van der Waals surface area (Å²) in [4.78, 5) is 34.2. The van der Waals surface area contributed by atoms with Gasteiger partial charge in [0.2, 0.25) is 5.91 Å². The number of primary amides is 1. The molecule has 0 aromatic carbocycles. The topological polar surface area (TPSA) is 98.5 Å². The van der Waals surface area contributed by atoms with Gasteiger partial charge in [-0.2, -0.15) is 0 Å². The maximum atomic E-state index is 11.8. The van der Waals surface area contributed by atoms with Crippen LogP contribution in [0.5, 0.6) is 0 Å². The maximum Gasteiger partial charge on any atom is 0.330 e. The van der Waals surface area contributed by atoms with E-state index in [0.29, 0.717) is 0 Å². The summed E-state index contributed by atoms with van der Waals surface area (Å²) in [6.45, 7) is 2.21. The van der Waals surface area contributed by atoms with Crippen LogP contribution in [0.3, 0.4) is 0 Å². The Labute approximate surface area is 145 Å². The van der Waals surface area contributed by atoms with E-state index in [1.54, 1.807) is 7.05 Å². The first-order valence-corrected chi connectivity index (χ1v) is 9.21. The molecule has 140 valence electrons. The second kappa shape index (κ2) is 15.1. The van der Waals surface area contributed by atoms with E-state index in [1.807, 2.05) is 0 Å². The standard InChI is InChI=1S/C18H34N2O4/c1-3-4-5-6-7-8-9-10-11-12-17(22)24-18(23)15(20-2)13-14-16(19)21/h15,20H,3-14H2,1-2H3,(H2,19,21)/t15-/m0/s1. The fraction of sp³-hybridized carbons (Fsp3) is 0.833. The summed E-state index contributed by atoms with van der Waals surface area (Å²) in [6.07, 6.45) is 11.0. The molecule has 6 heteroatoms. The van der Waals surface area contributed by atoms with Gasteiger partial charge >= 0.3 is 11.9 Å². The molecule has 24 heavy (non-hydrogen) atoms. The molecule has 0 fully saturated rings. The molecule has 1 amide bonds. The average molecular weight is 342 g/mol. The van der Waals surface area contributed by atoms with Crippen LogP contribution >= 0.6 is 0 Å². The van der Waals surface area contributed by atoms with E-state index in [-0.39, 0.29) is 19.3 Å². The molecule has 0 aromatic rings. The number of rotatable bonds is 15. The van der Waals surface area contributed by atoms with E-state index < -0.39 is 23.9 Å². The van der Waals surface area contributed by atoms with E-state index in [1.165, 1.54) is 38.5 Å². The first kappa shape index (κ1) is 22.6. The molecule has 1 atom stereocenters. The lowest BCUT2D eigenvalue weighted by atomic mass is 10.1. The third-order valence-electron chi connectivity index (χ3n) is 4.01. The second-order valence-electron chi connectivity index (χ2n) is 6.22. The van der Waals surface area contributed by atoms with Crippen LogP contribution in [0.15, 0.2) is 0 Å². The minimum atomic E-state index is -0.676. The van der Waals surface area contributed by atoms with E-state index in [9.17, 15) is 14.4 Å². The van der Waals surface area contributed by atoms with Crippen LogP contribution in [0.25, 0.3) is 0 Å². The molecule has 3 N–H and O–H groups in total. The Morgan fingerprint density at radius 2 is 1.46 bits per heavy atom. The maximum absolute atomic E-state index is 11.8. The minimum Gasteiger partial charge on any atom is -0.392 e. The summed E-state index contributed by atoms with van der Waals surface area (Å²) in [5.41, 5.74) is 5.05. The van der Waals surface area contributed by atoms with Gasteiger partial charge in [-0.1, -0.05) is 58.3 Å². The van der Waals surface area contributed by atoms with E-state index >= 15 is 0 Å². The Hall–Kier alpha value is -1.43. The molecule has 0 radical (unpaired) electrons. The van der Waals surface area contributed by atoms with Crippen molar-refractivity contribution in [2.24, 2.45) is 5.73 Å². The van der Waals surface area contributed by atoms with Crippen molar-refractivity contribution in [3.63, 3.8) is 0 Å². The number of unbranched alkanes of at least 4 members (excludes halogenated alkanes) is 8. The fourth-order valence-corrected chi connectivity index (χ4v) is 2.48. The Balaban J connectivity index is 3.69. The highest BCUT2D eigenvalue weighted by Gasteiger charge is 2.21. The molecule has 6 nitrogen and oxygen atoms in total. The summed E-state index contributed by atoms with van der Waals surface area (Å²) in [7, 11) is 1.58. The van der Waals surface area contributed by atoms with Crippen LogP contribution < -0.4 is 11.1 Å². The molecule has 0 bridgehead atoms. The zero-order valence-corrected chi connectivity index (χ0v) is 15.3. The SMILES string of the molecule is CCCCCCCCCCCC(=O)OC(=O)[C@H](CCC(N)=O)NC. The first-order valence-electron chi connectivity index (χ1n) is 9.21. The molecule has 0 aromatic heterocycles. The highest BCUT2D eigenvalue weighted by molar-refractivity contribution is 5.88. The molecule has 0 heterocycles. The highest BCUT2D eigenvalue weighted by atomic mass is 16.6. The Bertz CT molecular complexity index is 372. The molecular weight excluding hydrogens is 308 g/mol. The van der Waals surface area contributed by atoms with E-state index in [4.69, 9.17) is 10.5 Å². The third-order valence-corrected chi connectivity index (χ3v) is 4.01. The quantitative estimate of drug-likeness (QED) is 0.271. The van der Waals surface area contributed by atoms with Crippen LogP contribution in [0, 0.1) is 0 Å². The van der Waals surface area contributed by atoms with Gasteiger partial charge in [0.1, 0.15) is 6.04 Å². The Morgan fingerprint density at radius 1 is 0.917 bits per heavy atom. The van der Waals surface area contributed by atoms with Gasteiger partial charge in [-0.05, 0) is 19.9 Å². The van der Waals surface area contributed by atoms with E-state index in [2.05, 4.69) is 12.2 Å². The molecule has 0 aliphatic carbocycles. The smallest absolute Gasteiger partial charge is 0.330 e. The number of ether oxygens (including phenoxy) is 1. The number of nitrogens with one attached hydrogen (secondary N) is 1. The van der Waals surface area contributed by atoms with Crippen LogP contribution in [-0.2, 0) is 19.1 Å². The second-order valence-corrected chi connectivity index (χ2v) is 6.22. The van der Waals surface area contributed by atoms with Crippen molar-refractivity contribution in [2.75, 3.05) is 7.05 Å². The molecule has 0 rings (SSSR count). The predicted octanol–water partition coefficient (Wildman–Crippen LogP) is 2.83. The summed E-state index contributed by atoms with van der Waals surface area (Å²) >= 11 is 0. The normalized spacial score (nSPS) is 11.9. The largest absolute Gasteiger partial charge is 0.392 e. The average Bonchev–Trinajstić information content (AvgIpc) is 2.53. The number of esters is 2. The monoisotopic (exact) mass is 342 g/mol. The van der Waals surface area contributed by atoms with Crippen LogP contribution in [0.1, 0.15) is 84.0 Å². The number of hydrogen-bond donors (Lipinski definition) is 2. The summed E-state index contributed by atoms with van der Waals surface area (Å²) in [6, 6.07) is -0.676. The van der Waals surface area contributed by atoms with Crippen molar-refractivity contribution >= 4 is 17.8 Å². The summed E-state index contributed by atoms with van der Waals surface area (Å²) in [5, 5.41) is 2.73. The zero-order valence-electron chi connectivity index (χ0n) is 15.3.